The molecule has 0 spiro atoms. The van der Waals surface area contributed by atoms with Crippen LogP contribution in [0.25, 0.3) is 0 Å². The van der Waals surface area contributed by atoms with E-state index in [9.17, 15) is 43.8 Å². The van der Waals surface area contributed by atoms with E-state index in [1.54, 1.807) is 49.4 Å². The highest BCUT2D eigenvalue weighted by Gasteiger charge is 2.40. The number of aromatic amines is 1. The standard InChI is InChI=1S/C42H57N9O9S/c1-4-25(2)36(50-38(55)31(19-27-12-14-29(52)15-13-27)47-35(53)23-45-37(54)30(43)16-18-61-3)40(57)48-32(21-28-22-44-24-46-28)41(58)51-17-8-11-34(51)39(56)49-33(42(59)60)20-26-9-6-5-7-10-26/h5-7,9-10,12-15,22,24-25,30-34,36,52H,4,8,11,16-21,23,43H2,1-3H3,(H,44,46)(H,45,54)(H,47,53)(H,48,57)(H,49,56)(H,50,55)(H,59,60)/t25-,30-,31-,32-,33-,34-,36-/m0/s1. The highest BCUT2D eigenvalue weighted by atomic mass is 32.2. The van der Waals surface area contributed by atoms with Gasteiger partial charge in [0.15, 0.2) is 0 Å². The lowest BCUT2D eigenvalue weighted by molar-refractivity contribution is -0.145. The molecule has 1 aromatic heterocycles. The molecule has 7 atom stereocenters. The molecule has 2 aromatic carbocycles. The van der Waals surface area contributed by atoms with E-state index in [1.165, 1.54) is 41.3 Å². The van der Waals surface area contributed by atoms with Crippen molar-refractivity contribution in [1.82, 2.24) is 41.5 Å². The first-order valence-electron chi connectivity index (χ1n) is 20.3. The summed E-state index contributed by atoms with van der Waals surface area (Å²) in [6, 6.07) is 8.12. The molecule has 0 radical (unpaired) electrons. The van der Waals surface area contributed by atoms with Gasteiger partial charge in [-0.2, -0.15) is 11.8 Å². The number of phenols is 1. The van der Waals surface area contributed by atoms with Crippen LogP contribution in [-0.4, -0.2) is 128 Å². The number of nitrogens with zero attached hydrogens (tertiary/aromatic N) is 2. The fourth-order valence-electron chi connectivity index (χ4n) is 6.85. The highest BCUT2D eigenvalue weighted by Crippen LogP contribution is 2.21. The second-order valence-electron chi connectivity index (χ2n) is 15.1. The number of thioether (sulfide) groups is 1. The molecule has 19 heteroatoms. The van der Waals surface area contributed by atoms with Crippen molar-refractivity contribution in [2.45, 2.75) is 95.0 Å². The maximum absolute atomic E-state index is 14.4. The average Bonchev–Trinajstić information content (AvgIpc) is 3.97. The number of hydrogen-bond donors (Lipinski definition) is 9. The fraction of sp³-hybridized carbons (Fsp3) is 0.476. The quantitative estimate of drug-likeness (QED) is 0.0627. The molecule has 0 saturated carbocycles. The minimum absolute atomic E-state index is 0.00422. The van der Waals surface area contributed by atoms with Gasteiger partial charge in [0.2, 0.25) is 35.4 Å². The molecule has 2 heterocycles. The predicted molar refractivity (Wildman–Crippen MR) is 228 cm³/mol. The molecular weight excluding hydrogens is 807 g/mol. The summed E-state index contributed by atoms with van der Waals surface area (Å²) in [4.78, 5) is 102. The molecule has 3 aromatic rings. The lowest BCUT2D eigenvalue weighted by Crippen LogP contribution is -2.60. The monoisotopic (exact) mass is 863 g/mol. The van der Waals surface area contributed by atoms with Gasteiger partial charge in [0.25, 0.3) is 0 Å². The smallest absolute Gasteiger partial charge is 0.326 e. The number of rotatable bonds is 23. The van der Waals surface area contributed by atoms with E-state index >= 15 is 0 Å². The van der Waals surface area contributed by atoms with Gasteiger partial charge in [-0.1, -0.05) is 62.7 Å². The maximum atomic E-state index is 14.4. The first-order valence-corrected chi connectivity index (χ1v) is 21.6. The number of hydrogen-bond acceptors (Lipinski definition) is 11. The average molecular weight is 864 g/mol. The van der Waals surface area contributed by atoms with Crippen LogP contribution in [0.1, 0.15) is 56.4 Å². The number of carboxylic acid groups (broad SMARTS) is 1. The minimum atomic E-state index is -1.25. The molecule has 1 fully saturated rings. The van der Waals surface area contributed by atoms with Gasteiger partial charge < -0.3 is 52.4 Å². The van der Waals surface area contributed by atoms with Crippen LogP contribution in [0.5, 0.6) is 5.75 Å². The Morgan fingerprint density at radius 1 is 0.885 bits per heavy atom. The normalized spacial score (nSPS) is 16.5. The van der Waals surface area contributed by atoms with Gasteiger partial charge in [-0.05, 0) is 60.4 Å². The largest absolute Gasteiger partial charge is 0.508 e. The van der Waals surface area contributed by atoms with Crippen molar-refractivity contribution in [1.29, 1.82) is 0 Å². The van der Waals surface area contributed by atoms with Crippen LogP contribution in [-0.2, 0) is 52.8 Å². The van der Waals surface area contributed by atoms with Gasteiger partial charge in [-0.25, -0.2) is 9.78 Å². The van der Waals surface area contributed by atoms with Gasteiger partial charge in [0.05, 0.1) is 18.9 Å². The molecule has 1 aliphatic heterocycles. The molecule has 1 saturated heterocycles. The van der Waals surface area contributed by atoms with Crippen molar-refractivity contribution in [2.24, 2.45) is 11.7 Å². The summed E-state index contributed by atoms with van der Waals surface area (Å²) in [5.74, 6) is -4.90. The van der Waals surface area contributed by atoms with Crippen LogP contribution in [0.15, 0.2) is 67.1 Å². The molecule has 0 bridgehead atoms. The third kappa shape index (κ3) is 14.6. The second-order valence-corrected chi connectivity index (χ2v) is 16.1. The Hall–Kier alpha value is -5.95. The van der Waals surface area contributed by atoms with Crippen molar-refractivity contribution < 1.29 is 43.8 Å². The van der Waals surface area contributed by atoms with Crippen LogP contribution >= 0.6 is 11.8 Å². The predicted octanol–water partition coefficient (Wildman–Crippen LogP) is 0.401. The Morgan fingerprint density at radius 2 is 1.57 bits per heavy atom. The van der Waals surface area contributed by atoms with Gasteiger partial charge in [0.1, 0.15) is 36.0 Å². The lowest BCUT2D eigenvalue weighted by Gasteiger charge is -2.31. The summed E-state index contributed by atoms with van der Waals surface area (Å²) in [5, 5.41) is 33.1. The van der Waals surface area contributed by atoms with Gasteiger partial charge >= 0.3 is 5.97 Å². The number of carbonyl (C=O) groups is 7. The van der Waals surface area contributed by atoms with Gasteiger partial charge in [-0.3, -0.25) is 28.8 Å². The lowest BCUT2D eigenvalue weighted by atomic mass is 9.96. The number of nitrogens with one attached hydrogen (secondary N) is 6. The minimum Gasteiger partial charge on any atom is -0.508 e. The zero-order valence-electron chi connectivity index (χ0n) is 34.6. The first kappa shape index (κ1) is 47.7. The van der Waals surface area contributed by atoms with E-state index in [0.717, 1.165) is 0 Å². The summed E-state index contributed by atoms with van der Waals surface area (Å²) in [6.07, 6.45) is 6.30. The van der Waals surface area contributed by atoms with Crippen molar-refractivity contribution in [2.75, 3.05) is 25.1 Å². The molecule has 6 amide bonds. The number of phenolic OH excluding ortho intramolecular Hbond substituents is 1. The zero-order valence-corrected chi connectivity index (χ0v) is 35.4. The van der Waals surface area contributed by atoms with E-state index in [0.29, 0.717) is 41.8 Å². The summed E-state index contributed by atoms with van der Waals surface area (Å²) >= 11 is 1.53. The topological polar surface area (TPSA) is 278 Å². The molecule has 61 heavy (non-hydrogen) atoms. The summed E-state index contributed by atoms with van der Waals surface area (Å²) in [5.41, 5.74) is 7.72. The summed E-state index contributed by atoms with van der Waals surface area (Å²) in [7, 11) is 0. The Morgan fingerprint density at radius 3 is 2.21 bits per heavy atom. The number of H-pyrrole nitrogens is 1. The summed E-state index contributed by atoms with van der Waals surface area (Å²) in [6.45, 7) is 3.28. The third-order valence-electron chi connectivity index (χ3n) is 10.5. The number of aromatic hydroxyl groups is 1. The van der Waals surface area contributed by atoms with Crippen LogP contribution in [0.2, 0.25) is 0 Å². The van der Waals surface area contributed by atoms with Gasteiger partial charge in [-0.15, -0.1) is 0 Å². The van der Waals surface area contributed by atoms with Crippen LogP contribution in [0, 0.1) is 5.92 Å². The van der Waals surface area contributed by atoms with E-state index in [2.05, 4.69) is 36.6 Å². The molecule has 0 unspecified atom stereocenters. The maximum Gasteiger partial charge on any atom is 0.326 e. The second kappa shape index (κ2) is 23.7. The third-order valence-corrected chi connectivity index (χ3v) is 11.2. The van der Waals surface area contributed by atoms with Crippen LogP contribution in [0.3, 0.4) is 0 Å². The Balaban J connectivity index is 1.52. The Labute approximate surface area is 359 Å². The van der Waals surface area contributed by atoms with Crippen molar-refractivity contribution in [3.05, 3.63) is 83.9 Å². The first-order chi connectivity index (χ1) is 29.2. The molecular formula is C42H57N9O9S. The zero-order chi connectivity index (χ0) is 44.5. The fourth-order valence-corrected chi connectivity index (χ4v) is 7.34. The molecule has 4 rings (SSSR count). The Kier molecular flexibility index (Phi) is 18.6. The number of nitrogens with two attached hydrogens (primary N) is 1. The molecule has 330 valence electrons. The number of benzene rings is 2. The molecule has 0 aliphatic carbocycles. The number of imidazole rings is 1. The van der Waals surface area contributed by atoms with Crippen molar-refractivity contribution in [3.8, 4) is 5.75 Å². The number of amides is 6. The SMILES string of the molecule is CC[C@H](C)[C@H](NC(=O)[C@H](Cc1ccc(O)cc1)NC(=O)CNC(=O)[C@@H](N)CCSC)C(=O)N[C@@H](Cc1cnc[nH]1)C(=O)N1CCC[C@H]1C(=O)N[C@@H](Cc1ccccc1)C(=O)O. The highest BCUT2D eigenvalue weighted by molar-refractivity contribution is 7.98. The Bertz CT molecular complexity index is 1940. The number of likely N-dealkylation sites (tertiary alicyclic amines) is 1. The number of carboxylic acids is 1. The van der Waals surface area contributed by atoms with Crippen molar-refractivity contribution >= 4 is 53.2 Å². The van der Waals surface area contributed by atoms with E-state index in [1.807, 2.05) is 13.2 Å². The van der Waals surface area contributed by atoms with Crippen molar-refractivity contribution in [3.63, 3.8) is 0 Å². The van der Waals surface area contributed by atoms with Gasteiger partial charge in [0, 0.05) is 37.7 Å². The number of aromatic nitrogens is 2. The van der Waals surface area contributed by atoms with Crippen LogP contribution < -0.4 is 32.3 Å². The van der Waals surface area contributed by atoms with Crippen LogP contribution in [0.4, 0.5) is 0 Å². The molecule has 18 nitrogen and oxygen atoms in total. The molecule has 10 N–H and O–H groups in total. The molecule has 1 aliphatic rings. The summed E-state index contributed by atoms with van der Waals surface area (Å²) < 4.78 is 0. The van der Waals surface area contributed by atoms with E-state index in [4.69, 9.17) is 5.73 Å². The number of aliphatic carboxylic acids is 1. The van der Waals surface area contributed by atoms with E-state index in [-0.39, 0.29) is 38.0 Å². The van der Waals surface area contributed by atoms with E-state index < -0.39 is 90.1 Å². The number of carbonyl (C=O) groups excluding carboxylic acids is 6.